The number of rotatable bonds is 6. The SMILES string of the molecule is C[C@@H](N)c1cc(F)ccc1N(CC1CC1)CC1CC1. The molecule has 19 heavy (non-hydrogen) atoms. The van der Waals surface area contributed by atoms with Gasteiger partial charge in [-0.15, -0.1) is 0 Å². The first-order valence-corrected chi connectivity index (χ1v) is 7.43. The lowest BCUT2D eigenvalue weighted by Crippen LogP contribution is -2.30. The summed E-state index contributed by atoms with van der Waals surface area (Å²) in [6.07, 6.45) is 5.37. The van der Waals surface area contributed by atoms with E-state index in [-0.39, 0.29) is 11.9 Å². The smallest absolute Gasteiger partial charge is 0.123 e. The molecule has 1 atom stereocenters. The molecule has 2 aliphatic rings. The summed E-state index contributed by atoms with van der Waals surface area (Å²) in [5.74, 6) is 1.49. The second-order valence-electron chi connectivity index (χ2n) is 6.28. The van der Waals surface area contributed by atoms with Crippen LogP contribution in [-0.4, -0.2) is 13.1 Å². The Morgan fingerprint density at radius 2 is 1.79 bits per heavy atom. The fourth-order valence-electron chi connectivity index (χ4n) is 2.67. The molecule has 0 saturated heterocycles. The molecule has 0 amide bonds. The Balaban J connectivity index is 1.85. The summed E-state index contributed by atoms with van der Waals surface area (Å²) in [5, 5.41) is 0. The first-order valence-electron chi connectivity index (χ1n) is 7.43. The molecule has 0 bridgehead atoms. The third-order valence-electron chi connectivity index (χ3n) is 4.17. The number of halogens is 1. The van der Waals surface area contributed by atoms with Crippen LogP contribution in [0.1, 0.15) is 44.2 Å². The van der Waals surface area contributed by atoms with Gasteiger partial charge in [0, 0.05) is 24.8 Å². The Morgan fingerprint density at radius 3 is 2.26 bits per heavy atom. The van der Waals surface area contributed by atoms with Gasteiger partial charge in [-0.3, -0.25) is 0 Å². The lowest BCUT2D eigenvalue weighted by molar-refractivity contribution is 0.618. The van der Waals surface area contributed by atoms with E-state index >= 15 is 0 Å². The Bertz CT molecular complexity index is 436. The molecule has 0 unspecified atom stereocenters. The van der Waals surface area contributed by atoms with Gasteiger partial charge in [-0.25, -0.2) is 4.39 Å². The van der Waals surface area contributed by atoms with E-state index in [4.69, 9.17) is 5.73 Å². The Morgan fingerprint density at radius 1 is 1.21 bits per heavy atom. The lowest BCUT2D eigenvalue weighted by atomic mass is 10.0. The second kappa shape index (κ2) is 5.12. The van der Waals surface area contributed by atoms with Crippen molar-refractivity contribution in [2.75, 3.05) is 18.0 Å². The molecule has 0 aliphatic heterocycles. The highest BCUT2D eigenvalue weighted by atomic mass is 19.1. The zero-order valence-corrected chi connectivity index (χ0v) is 11.6. The van der Waals surface area contributed by atoms with Gasteiger partial charge in [-0.1, -0.05) is 0 Å². The van der Waals surface area contributed by atoms with Crippen molar-refractivity contribution < 1.29 is 4.39 Å². The molecule has 3 rings (SSSR count). The Hall–Kier alpha value is -1.09. The first kappa shape index (κ1) is 12.9. The molecule has 2 nitrogen and oxygen atoms in total. The van der Waals surface area contributed by atoms with Crippen LogP contribution in [0.3, 0.4) is 0 Å². The summed E-state index contributed by atoms with van der Waals surface area (Å²) in [6.45, 7) is 4.16. The van der Waals surface area contributed by atoms with E-state index in [1.165, 1.54) is 25.7 Å². The summed E-state index contributed by atoms with van der Waals surface area (Å²) in [5.41, 5.74) is 8.11. The molecule has 104 valence electrons. The van der Waals surface area contributed by atoms with Crippen molar-refractivity contribution in [2.45, 2.75) is 38.6 Å². The van der Waals surface area contributed by atoms with E-state index in [1.54, 1.807) is 12.1 Å². The van der Waals surface area contributed by atoms with E-state index in [0.717, 1.165) is 36.2 Å². The normalized spacial score (nSPS) is 20.4. The first-order chi connectivity index (χ1) is 9.13. The summed E-state index contributed by atoms with van der Waals surface area (Å²) < 4.78 is 13.4. The molecule has 2 N–H and O–H groups in total. The molecule has 0 aromatic heterocycles. The Labute approximate surface area is 114 Å². The Kier molecular flexibility index (Phi) is 3.48. The zero-order valence-electron chi connectivity index (χ0n) is 11.6. The molecule has 0 spiro atoms. The van der Waals surface area contributed by atoms with Crippen molar-refractivity contribution in [1.29, 1.82) is 0 Å². The molecular formula is C16H23FN2. The molecule has 2 saturated carbocycles. The molecule has 2 fully saturated rings. The highest BCUT2D eigenvalue weighted by Crippen LogP contribution is 2.37. The van der Waals surface area contributed by atoms with Crippen molar-refractivity contribution >= 4 is 5.69 Å². The standard InChI is InChI=1S/C16H23FN2/c1-11(18)15-8-14(17)6-7-16(15)19(9-12-2-3-12)10-13-4-5-13/h6-8,11-13H,2-5,9-10,18H2,1H3/t11-/m1/s1. The largest absolute Gasteiger partial charge is 0.371 e. The minimum atomic E-state index is -0.186. The van der Waals surface area contributed by atoms with Gasteiger partial charge in [0.05, 0.1) is 0 Å². The van der Waals surface area contributed by atoms with E-state index in [2.05, 4.69) is 4.90 Å². The van der Waals surface area contributed by atoms with Gasteiger partial charge in [0.1, 0.15) is 5.82 Å². The van der Waals surface area contributed by atoms with Crippen LogP contribution in [0.4, 0.5) is 10.1 Å². The van der Waals surface area contributed by atoms with Crippen LogP contribution in [0.25, 0.3) is 0 Å². The second-order valence-corrected chi connectivity index (χ2v) is 6.28. The van der Waals surface area contributed by atoms with Gasteiger partial charge in [-0.2, -0.15) is 0 Å². The molecular weight excluding hydrogens is 239 g/mol. The number of nitrogens with two attached hydrogens (primary N) is 1. The van der Waals surface area contributed by atoms with Crippen LogP contribution >= 0.6 is 0 Å². The van der Waals surface area contributed by atoms with Crippen molar-refractivity contribution in [2.24, 2.45) is 17.6 Å². The van der Waals surface area contributed by atoms with Gasteiger partial charge in [0.15, 0.2) is 0 Å². The van der Waals surface area contributed by atoms with Crippen LogP contribution in [0.15, 0.2) is 18.2 Å². The predicted molar refractivity (Wildman–Crippen MR) is 76.7 cm³/mol. The highest BCUT2D eigenvalue weighted by molar-refractivity contribution is 5.55. The summed E-state index contributed by atoms with van der Waals surface area (Å²) in [6, 6.07) is 4.96. The number of nitrogens with zero attached hydrogens (tertiary/aromatic N) is 1. The topological polar surface area (TPSA) is 29.3 Å². The van der Waals surface area contributed by atoms with Crippen molar-refractivity contribution in [3.05, 3.63) is 29.6 Å². The third-order valence-corrected chi connectivity index (χ3v) is 4.17. The van der Waals surface area contributed by atoms with Crippen LogP contribution in [-0.2, 0) is 0 Å². The van der Waals surface area contributed by atoms with Crippen LogP contribution in [0, 0.1) is 17.7 Å². The monoisotopic (exact) mass is 262 g/mol. The average Bonchev–Trinajstić information content (AvgIpc) is 3.23. The van der Waals surface area contributed by atoms with E-state index in [9.17, 15) is 4.39 Å². The quantitative estimate of drug-likeness (QED) is 0.850. The third kappa shape index (κ3) is 3.27. The van der Waals surface area contributed by atoms with Gasteiger partial charge < -0.3 is 10.6 Å². The fraction of sp³-hybridized carbons (Fsp3) is 0.625. The van der Waals surface area contributed by atoms with E-state index in [1.807, 2.05) is 13.0 Å². The maximum atomic E-state index is 13.4. The summed E-state index contributed by atoms with van der Waals surface area (Å²) >= 11 is 0. The maximum Gasteiger partial charge on any atom is 0.123 e. The van der Waals surface area contributed by atoms with Crippen molar-refractivity contribution in [1.82, 2.24) is 0 Å². The summed E-state index contributed by atoms with van der Waals surface area (Å²) in [4.78, 5) is 2.45. The van der Waals surface area contributed by atoms with Gasteiger partial charge >= 0.3 is 0 Å². The minimum Gasteiger partial charge on any atom is -0.371 e. The highest BCUT2D eigenvalue weighted by Gasteiger charge is 2.30. The van der Waals surface area contributed by atoms with E-state index < -0.39 is 0 Å². The lowest BCUT2D eigenvalue weighted by Gasteiger charge is -2.28. The van der Waals surface area contributed by atoms with E-state index in [0.29, 0.717) is 0 Å². The predicted octanol–water partition coefficient (Wildman–Crippen LogP) is 3.47. The van der Waals surface area contributed by atoms with Crippen molar-refractivity contribution in [3.63, 3.8) is 0 Å². The maximum absolute atomic E-state index is 13.4. The number of hydrogen-bond donors (Lipinski definition) is 1. The van der Waals surface area contributed by atoms with Crippen LogP contribution in [0.2, 0.25) is 0 Å². The zero-order chi connectivity index (χ0) is 13.4. The molecule has 1 aromatic rings. The molecule has 1 aromatic carbocycles. The van der Waals surface area contributed by atoms with Crippen molar-refractivity contribution in [3.8, 4) is 0 Å². The number of hydrogen-bond acceptors (Lipinski definition) is 2. The number of benzene rings is 1. The molecule has 3 heteroatoms. The van der Waals surface area contributed by atoms with Gasteiger partial charge in [-0.05, 0) is 68.2 Å². The van der Waals surface area contributed by atoms with Crippen LogP contribution < -0.4 is 10.6 Å². The molecule has 0 radical (unpaired) electrons. The molecule has 0 heterocycles. The minimum absolute atomic E-state index is 0.119. The van der Waals surface area contributed by atoms with Crippen LogP contribution in [0.5, 0.6) is 0 Å². The van der Waals surface area contributed by atoms with Gasteiger partial charge in [0.25, 0.3) is 0 Å². The molecule has 2 aliphatic carbocycles. The average molecular weight is 262 g/mol. The summed E-state index contributed by atoms with van der Waals surface area (Å²) in [7, 11) is 0. The fourth-order valence-corrected chi connectivity index (χ4v) is 2.67. The number of anilines is 1. The van der Waals surface area contributed by atoms with Gasteiger partial charge in [0.2, 0.25) is 0 Å².